The van der Waals surface area contributed by atoms with E-state index < -0.39 is 10.0 Å². The Labute approximate surface area is 160 Å². The number of nitrogens with zero attached hydrogens (tertiary/aromatic N) is 1. The summed E-state index contributed by atoms with van der Waals surface area (Å²) in [7, 11) is -3.78. The third kappa shape index (κ3) is 4.73. The average Bonchev–Trinajstić information content (AvgIpc) is 2.93. The van der Waals surface area contributed by atoms with Gasteiger partial charge in [-0.2, -0.15) is 0 Å². The Morgan fingerprint density at radius 1 is 1.04 bits per heavy atom. The first kappa shape index (κ1) is 18.2. The first-order valence-corrected chi connectivity index (χ1v) is 10.5. The number of nitrogens with one attached hydrogen (secondary N) is 1. The highest BCUT2D eigenvalue weighted by atomic mass is 35.5. The van der Waals surface area contributed by atoms with E-state index in [0.717, 1.165) is 35.4 Å². The summed E-state index contributed by atoms with van der Waals surface area (Å²) in [6.45, 7) is 0. The van der Waals surface area contributed by atoms with Crippen molar-refractivity contribution in [3.63, 3.8) is 0 Å². The fourth-order valence-electron chi connectivity index (χ4n) is 2.33. The van der Waals surface area contributed by atoms with E-state index in [4.69, 9.17) is 23.2 Å². The van der Waals surface area contributed by atoms with Crippen molar-refractivity contribution in [2.75, 3.05) is 4.72 Å². The van der Waals surface area contributed by atoms with E-state index >= 15 is 0 Å². The van der Waals surface area contributed by atoms with Crippen molar-refractivity contribution in [2.45, 2.75) is 17.7 Å². The first-order chi connectivity index (χ1) is 11.9. The average molecular weight is 413 g/mol. The Morgan fingerprint density at radius 3 is 2.56 bits per heavy atom. The maximum Gasteiger partial charge on any atom is 0.264 e. The number of rotatable bonds is 6. The molecule has 1 aromatic carbocycles. The van der Waals surface area contributed by atoms with Crippen LogP contribution in [0, 0.1) is 0 Å². The van der Waals surface area contributed by atoms with E-state index in [2.05, 4.69) is 9.71 Å². The molecule has 3 rings (SSSR count). The third-order valence-corrected chi connectivity index (χ3v) is 6.62. The number of anilines is 1. The SMILES string of the molecule is O=S(=O)(Nc1cccc(CCc2ccccn2)c1)c1cc(Cl)sc1Cl. The van der Waals surface area contributed by atoms with Gasteiger partial charge in [-0.25, -0.2) is 8.42 Å². The second-order valence-corrected chi connectivity index (χ2v) is 9.25. The molecule has 2 heterocycles. The quantitative estimate of drug-likeness (QED) is 0.616. The molecule has 0 unspecified atom stereocenters. The largest absolute Gasteiger partial charge is 0.280 e. The molecule has 2 aromatic heterocycles. The lowest BCUT2D eigenvalue weighted by molar-refractivity contribution is 0.601. The molecular weight excluding hydrogens is 399 g/mol. The zero-order valence-corrected chi connectivity index (χ0v) is 16.1. The van der Waals surface area contributed by atoms with Gasteiger partial charge in [-0.3, -0.25) is 9.71 Å². The summed E-state index contributed by atoms with van der Waals surface area (Å²) in [6.07, 6.45) is 3.30. The van der Waals surface area contributed by atoms with Crippen LogP contribution in [0.1, 0.15) is 11.3 Å². The van der Waals surface area contributed by atoms with Crippen LogP contribution in [0.25, 0.3) is 0 Å². The number of sulfonamides is 1. The van der Waals surface area contributed by atoms with Gasteiger partial charge in [0.05, 0.1) is 4.34 Å². The highest BCUT2D eigenvalue weighted by Crippen LogP contribution is 2.35. The summed E-state index contributed by atoms with van der Waals surface area (Å²) in [4.78, 5) is 4.28. The summed E-state index contributed by atoms with van der Waals surface area (Å²) >= 11 is 12.8. The van der Waals surface area contributed by atoms with Crippen molar-refractivity contribution < 1.29 is 8.42 Å². The van der Waals surface area contributed by atoms with Crippen molar-refractivity contribution in [1.29, 1.82) is 0 Å². The fourth-order valence-corrected chi connectivity index (χ4v) is 5.53. The monoisotopic (exact) mass is 412 g/mol. The Hall–Kier alpha value is -1.60. The lowest BCUT2D eigenvalue weighted by atomic mass is 10.1. The van der Waals surface area contributed by atoms with Crippen molar-refractivity contribution >= 4 is 50.2 Å². The van der Waals surface area contributed by atoms with E-state index in [9.17, 15) is 8.42 Å². The Balaban J connectivity index is 1.74. The molecule has 0 aliphatic heterocycles. The van der Waals surface area contributed by atoms with E-state index in [0.29, 0.717) is 10.0 Å². The van der Waals surface area contributed by atoms with Crippen LogP contribution in [0.5, 0.6) is 0 Å². The topological polar surface area (TPSA) is 59.1 Å². The van der Waals surface area contributed by atoms with Gasteiger partial charge in [0, 0.05) is 17.6 Å². The summed E-state index contributed by atoms with van der Waals surface area (Å²) in [5.74, 6) is 0. The van der Waals surface area contributed by atoms with Crippen LogP contribution < -0.4 is 4.72 Å². The van der Waals surface area contributed by atoms with Crippen LogP contribution >= 0.6 is 34.5 Å². The van der Waals surface area contributed by atoms with Gasteiger partial charge >= 0.3 is 0 Å². The minimum absolute atomic E-state index is 0.0111. The minimum atomic E-state index is -3.78. The number of pyridine rings is 1. The van der Waals surface area contributed by atoms with Crippen molar-refractivity contribution in [3.8, 4) is 0 Å². The van der Waals surface area contributed by atoms with Gasteiger partial charge in [-0.05, 0) is 48.7 Å². The molecule has 0 amide bonds. The summed E-state index contributed by atoms with van der Waals surface area (Å²) in [5.41, 5.74) is 2.49. The van der Waals surface area contributed by atoms with Gasteiger partial charge in [0.25, 0.3) is 10.0 Å². The summed E-state index contributed by atoms with van der Waals surface area (Å²) in [5, 5.41) is 0. The third-order valence-electron chi connectivity index (χ3n) is 3.49. The van der Waals surface area contributed by atoms with Gasteiger partial charge in [-0.1, -0.05) is 41.4 Å². The summed E-state index contributed by atoms with van der Waals surface area (Å²) < 4.78 is 28.0. The molecule has 0 atom stereocenters. The molecule has 3 aromatic rings. The van der Waals surface area contributed by atoms with E-state index in [1.807, 2.05) is 36.4 Å². The molecule has 0 spiro atoms. The highest BCUT2D eigenvalue weighted by Gasteiger charge is 2.21. The van der Waals surface area contributed by atoms with Crippen molar-refractivity contribution in [1.82, 2.24) is 4.98 Å². The zero-order valence-electron chi connectivity index (χ0n) is 12.9. The van der Waals surface area contributed by atoms with Crippen LogP contribution in [0.3, 0.4) is 0 Å². The zero-order chi connectivity index (χ0) is 17.9. The Bertz CT molecular complexity index is 973. The van der Waals surface area contributed by atoms with Gasteiger partial charge in [0.1, 0.15) is 9.23 Å². The van der Waals surface area contributed by atoms with Crippen molar-refractivity contribution in [3.05, 3.63) is 74.7 Å². The van der Waals surface area contributed by atoms with Gasteiger partial charge < -0.3 is 0 Å². The molecule has 130 valence electrons. The highest BCUT2D eigenvalue weighted by molar-refractivity contribution is 7.93. The summed E-state index contributed by atoms with van der Waals surface area (Å²) in [6, 6.07) is 14.4. The standard InChI is InChI=1S/C17H14Cl2N2O2S2/c18-16-11-15(17(19)24-16)25(22,23)21-14-6-3-4-12(10-14)7-8-13-5-1-2-9-20-13/h1-6,9-11,21H,7-8H2. The second kappa shape index (κ2) is 7.74. The molecular formula is C17H14Cl2N2O2S2. The fraction of sp³-hybridized carbons (Fsp3) is 0.118. The molecule has 1 N–H and O–H groups in total. The molecule has 0 fully saturated rings. The molecule has 0 saturated carbocycles. The number of benzene rings is 1. The lowest BCUT2D eigenvalue weighted by Gasteiger charge is -2.09. The number of thiophene rings is 1. The van der Waals surface area contributed by atoms with Gasteiger partial charge in [0.15, 0.2) is 0 Å². The number of hydrogen-bond donors (Lipinski definition) is 1. The molecule has 25 heavy (non-hydrogen) atoms. The maximum absolute atomic E-state index is 12.5. The van der Waals surface area contributed by atoms with Crippen LogP contribution in [0.2, 0.25) is 8.67 Å². The Morgan fingerprint density at radius 2 is 1.88 bits per heavy atom. The van der Waals surface area contributed by atoms with Crippen LogP contribution in [0.4, 0.5) is 5.69 Å². The molecule has 4 nitrogen and oxygen atoms in total. The smallest absolute Gasteiger partial charge is 0.264 e. The van der Waals surface area contributed by atoms with Crippen LogP contribution in [-0.4, -0.2) is 13.4 Å². The van der Waals surface area contributed by atoms with Gasteiger partial charge in [0.2, 0.25) is 0 Å². The molecule has 8 heteroatoms. The maximum atomic E-state index is 12.5. The van der Waals surface area contributed by atoms with Crippen molar-refractivity contribution in [2.24, 2.45) is 0 Å². The molecule has 0 aliphatic rings. The molecule has 0 saturated heterocycles. The van der Waals surface area contributed by atoms with Gasteiger partial charge in [-0.15, -0.1) is 11.3 Å². The first-order valence-electron chi connectivity index (χ1n) is 7.40. The second-order valence-electron chi connectivity index (χ2n) is 5.32. The normalized spacial score (nSPS) is 11.4. The van der Waals surface area contributed by atoms with Crippen LogP contribution in [0.15, 0.2) is 59.6 Å². The molecule has 0 radical (unpaired) electrons. The number of hydrogen-bond acceptors (Lipinski definition) is 4. The lowest BCUT2D eigenvalue weighted by Crippen LogP contribution is -2.12. The number of aryl methyl sites for hydroxylation is 2. The molecule has 0 bridgehead atoms. The van der Waals surface area contributed by atoms with Crippen LogP contribution in [-0.2, 0) is 22.9 Å². The van der Waals surface area contributed by atoms with E-state index in [-0.39, 0.29) is 9.23 Å². The Kier molecular flexibility index (Phi) is 5.64. The number of aromatic nitrogens is 1. The van der Waals surface area contributed by atoms with E-state index in [1.165, 1.54) is 6.07 Å². The predicted molar refractivity (Wildman–Crippen MR) is 103 cm³/mol. The predicted octanol–water partition coefficient (Wildman–Crippen LogP) is 5.04. The minimum Gasteiger partial charge on any atom is -0.280 e. The number of halogens is 2. The molecule has 0 aliphatic carbocycles. The van der Waals surface area contributed by atoms with E-state index in [1.54, 1.807) is 12.3 Å².